The highest BCUT2D eigenvalue weighted by molar-refractivity contribution is 14.1. The normalized spacial score (nSPS) is 10.3. The van der Waals surface area contributed by atoms with Gasteiger partial charge in [0.25, 0.3) is 0 Å². The van der Waals surface area contributed by atoms with E-state index in [9.17, 15) is 0 Å². The maximum atomic E-state index is 4.23. The lowest BCUT2D eigenvalue weighted by molar-refractivity contribution is 0.957. The van der Waals surface area contributed by atoms with Gasteiger partial charge in [-0.15, -0.1) is 0 Å². The first kappa shape index (κ1) is 11.3. The highest BCUT2D eigenvalue weighted by Crippen LogP contribution is 2.26. The molecule has 1 aromatic heterocycles. The molecule has 0 aliphatic carbocycles. The molecule has 0 saturated carbocycles. The zero-order chi connectivity index (χ0) is 10.7. The van der Waals surface area contributed by atoms with Crippen molar-refractivity contribution < 1.29 is 0 Å². The molecule has 0 atom stereocenters. The first-order chi connectivity index (χ1) is 7.24. The molecular formula is C10H6BrIN2S. The molecule has 0 spiro atoms. The highest BCUT2D eigenvalue weighted by Gasteiger charge is 2.00. The lowest BCUT2D eigenvalue weighted by atomic mass is 10.4. The van der Waals surface area contributed by atoms with Gasteiger partial charge in [0.1, 0.15) is 0 Å². The number of aromatic nitrogens is 2. The van der Waals surface area contributed by atoms with Crippen LogP contribution in [-0.4, -0.2) is 9.97 Å². The Kier molecular flexibility index (Phi) is 3.99. The summed E-state index contributed by atoms with van der Waals surface area (Å²) < 4.78 is 2.12. The van der Waals surface area contributed by atoms with Crippen LogP contribution in [0.3, 0.4) is 0 Å². The predicted octanol–water partition coefficient (Wildman–Crippen LogP) is 3.99. The van der Waals surface area contributed by atoms with Crippen LogP contribution in [0.15, 0.2) is 51.2 Å². The second-order valence-corrected chi connectivity index (χ2v) is 5.95. The summed E-state index contributed by atoms with van der Waals surface area (Å²) in [5.74, 6) is 0. The van der Waals surface area contributed by atoms with Crippen LogP contribution in [0.4, 0.5) is 0 Å². The maximum absolute atomic E-state index is 4.23. The molecule has 0 radical (unpaired) electrons. The van der Waals surface area contributed by atoms with Crippen molar-refractivity contribution in [2.24, 2.45) is 0 Å². The van der Waals surface area contributed by atoms with Crippen LogP contribution in [-0.2, 0) is 0 Å². The molecule has 1 heterocycles. The summed E-state index contributed by atoms with van der Waals surface area (Å²) >= 11 is 7.18. The molecule has 0 aliphatic rings. The molecule has 0 unspecified atom stereocenters. The molecule has 0 fully saturated rings. The number of halogens is 2. The number of benzene rings is 1. The quantitative estimate of drug-likeness (QED) is 0.570. The lowest BCUT2D eigenvalue weighted by Crippen LogP contribution is -1.85. The first-order valence-electron chi connectivity index (χ1n) is 4.15. The molecular weight excluding hydrogens is 387 g/mol. The van der Waals surface area contributed by atoms with E-state index >= 15 is 0 Å². The van der Waals surface area contributed by atoms with E-state index in [1.165, 1.54) is 0 Å². The van der Waals surface area contributed by atoms with E-state index in [-0.39, 0.29) is 0 Å². The largest absolute Gasteiger partial charge is 0.230 e. The van der Waals surface area contributed by atoms with E-state index in [1.54, 1.807) is 11.8 Å². The van der Waals surface area contributed by atoms with Gasteiger partial charge in [0.2, 0.25) is 0 Å². The van der Waals surface area contributed by atoms with Crippen molar-refractivity contribution in [3.8, 4) is 0 Å². The highest BCUT2D eigenvalue weighted by atomic mass is 127. The van der Waals surface area contributed by atoms with Gasteiger partial charge in [-0.1, -0.05) is 22.0 Å². The minimum Gasteiger partial charge on any atom is -0.230 e. The molecule has 0 bridgehead atoms. The van der Waals surface area contributed by atoms with Crippen molar-refractivity contribution in [2.75, 3.05) is 0 Å². The second-order valence-electron chi connectivity index (χ2n) is 2.74. The molecule has 0 N–H and O–H groups in total. The summed E-state index contributed by atoms with van der Waals surface area (Å²) in [6, 6.07) is 8.08. The summed E-state index contributed by atoms with van der Waals surface area (Å²) in [7, 11) is 0. The minimum atomic E-state index is 0.772. The van der Waals surface area contributed by atoms with Crippen LogP contribution in [0.5, 0.6) is 0 Å². The molecule has 2 rings (SSSR count). The van der Waals surface area contributed by atoms with Gasteiger partial charge in [-0.25, -0.2) is 9.97 Å². The van der Waals surface area contributed by atoms with E-state index in [1.807, 2.05) is 36.7 Å². The second kappa shape index (κ2) is 5.27. The van der Waals surface area contributed by atoms with E-state index in [2.05, 4.69) is 48.5 Å². The molecule has 76 valence electrons. The molecule has 0 amide bonds. The van der Waals surface area contributed by atoms with Crippen LogP contribution < -0.4 is 0 Å². The first-order valence-corrected chi connectivity index (χ1v) is 6.84. The van der Waals surface area contributed by atoms with Crippen molar-refractivity contribution in [2.45, 2.75) is 10.1 Å². The van der Waals surface area contributed by atoms with Crippen LogP contribution in [0.25, 0.3) is 0 Å². The third-order valence-corrected chi connectivity index (χ3v) is 3.54. The molecule has 1 aromatic carbocycles. The Morgan fingerprint density at radius 3 is 2.60 bits per heavy atom. The molecule has 2 aromatic rings. The Balaban J connectivity index is 2.18. The van der Waals surface area contributed by atoms with Crippen LogP contribution >= 0.6 is 50.3 Å². The molecule has 0 saturated heterocycles. The van der Waals surface area contributed by atoms with Gasteiger partial charge in [-0.2, -0.15) is 0 Å². The number of nitrogens with zero attached hydrogens (tertiary/aromatic N) is 2. The standard InChI is InChI=1S/C10H6BrIN2S/c11-7-2-1-3-9(4-7)15-10-13-5-8(12)6-14-10/h1-6H. The van der Waals surface area contributed by atoms with Gasteiger partial charge in [0, 0.05) is 25.3 Å². The molecule has 2 nitrogen and oxygen atoms in total. The van der Waals surface area contributed by atoms with Gasteiger partial charge < -0.3 is 0 Å². The van der Waals surface area contributed by atoms with Crippen molar-refractivity contribution in [1.29, 1.82) is 0 Å². The van der Waals surface area contributed by atoms with Gasteiger partial charge in [0.15, 0.2) is 5.16 Å². The van der Waals surface area contributed by atoms with Gasteiger partial charge in [-0.05, 0) is 52.6 Å². The van der Waals surface area contributed by atoms with E-state index in [0.29, 0.717) is 0 Å². The zero-order valence-electron chi connectivity index (χ0n) is 7.52. The van der Waals surface area contributed by atoms with Gasteiger partial charge >= 0.3 is 0 Å². The van der Waals surface area contributed by atoms with Crippen molar-refractivity contribution in [1.82, 2.24) is 9.97 Å². The summed E-state index contributed by atoms with van der Waals surface area (Å²) in [5, 5.41) is 0.772. The minimum absolute atomic E-state index is 0.772. The Morgan fingerprint density at radius 2 is 1.93 bits per heavy atom. The predicted molar refractivity (Wildman–Crippen MR) is 73.0 cm³/mol. The smallest absolute Gasteiger partial charge is 0.192 e. The number of hydrogen-bond donors (Lipinski definition) is 0. The summed E-state index contributed by atoms with van der Waals surface area (Å²) in [6.45, 7) is 0. The Morgan fingerprint density at radius 1 is 1.20 bits per heavy atom. The van der Waals surface area contributed by atoms with Crippen LogP contribution in [0.1, 0.15) is 0 Å². The SMILES string of the molecule is Brc1cccc(Sc2ncc(I)cn2)c1. The fraction of sp³-hybridized carbons (Fsp3) is 0. The van der Waals surface area contributed by atoms with Crippen LogP contribution in [0, 0.1) is 3.57 Å². The monoisotopic (exact) mass is 392 g/mol. The fourth-order valence-electron chi connectivity index (χ4n) is 0.989. The topological polar surface area (TPSA) is 25.8 Å². The fourth-order valence-corrected chi connectivity index (χ4v) is 2.57. The number of rotatable bonds is 2. The molecule has 0 aliphatic heterocycles. The summed E-state index contributed by atoms with van der Waals surface area (Å²) in [4.78, 5) is 9.59. The van der Waals surface area contributed by atoms with Crippen LogP contribution in [0.2, 0.25) is 0 Å². The average molecular weight is 393 g/mol. The zero-order valence-corrected chi connectivity index (χ0v) is 12.1. The molecule has 15 heavy (non-hydrogen) atoms. The van der Waals surface area contributed by atoms with Crippen molar-refractivity contribution >= 4 is 50.3 Å². The summed E-state index contributed by atoms with van der Waals surface area (Å²) in [5.41, 5.74) is 0. The Labute approximate surface area is 114 Å². The van der Waals surface area contributed by atoms with Gasteiger partial charge in [0.05, 0.1) is 0 Å². The Bertz CT molecular complexity index is 461. The Hall–Kier alpha value is -0.140. The van der Waals surface area contributed by atoms with Crippen molar-refractivity contribution in [3.05, 3.63) is 44.7 Å². The van der Waals surface area contributed by atoms with E-state index in [4.69, 9.17) is 0 Å². The van der Waals surface area contributed by atoms with E-state index in [0.717, 1.165) is 18.1 Å². The maximum Gasteiger partial charge on any atom is 0.192 e. The van der Waals surface area contributed by atoms with E-state index < -0.39 is 0 Å². The van der Waals surface area contributed by atoms with Crippen molar-refractivity contribution in [3.63, 3.8) is 0 Å². The number of hydrogen-bond acceptors (Lipinski definition) is 3. The molecule has 5 heteroatoms. The lowest BCUT2D eigenvalue weighted by Gasteiger charge is -2.00. The average Bonchev–Trinajstić information content (AvgIpc) is 2.22. The van der Waals surface area contributed by atoms with Gasteiger partial charge in [-0.3, -0.25) is 0 Å². The summed E-state index contributed by atoms with van der Waals surface area (Å²) in [6.07, 6.45) is 3.63. The third kappa shape index (κ3) is 3.42. The third-order valence-electron chi connectivity index (χ3n) is 1.60.